The smallest absolute Gasteiger partial charge is 0.238 e. The van der Waals surface area contributed by atoms with Gasteiger partial charge in [0, 0.05) is 23.0 Å². The number of amides is 1. The molecule has 4 aromatic carbocycles. The number of para-hydroxylation sites is 1. The molecule has 1 spiro atoms. The van der Waals surface area contributed by atoms with Gasteiger partial charge in [0.25, 0.3) is 0 Å². The maximum atomic E-state index is 14.9. The highest BCUT2D eigenvalue weighted by atomic mass is 16.5. The van der Waals surface area contributed by atoms with Crippen LogP contribution < -0.4 is 10.1 Å². The zero-order valence-corrected chi connectivity index (χ0v) is 22.8. The third-order valence-corrected chi connectivity index (χ3v) is 8.69. The Labute approximate surface area is 243 Å². The van der Waals surface area contributed by atoms with Gasteiger partial charge in [-0.3, -0.25) is 14.4 Å². The molecule has 0 unspecified atom stereocenters. The van der Waals surface area contributed by atoms with Gasteiger partial charge in [-0.25, -0.2) is 0 Å². The molecule has 3 aliphatic rings. The van der Waals surface area contributed by atoms with Crippen molar-refractivity contribution in [1.29, 1.82) is 0 Å². The Morgan fingerprint density at radius 3 is 2.33 bits per heavy atom. The van der Waals surface area contributed by atoms with E-state index in [1.165, 1.54) is 0 Å². The number of nitrogens with zero attached hydrogens (tertiary/aromatic N) is 1. The van der Waals surface area contributed by atoms with E-state index in [2.05, 4.69) is 11.9 Å². The van der Waals surface area contributed by atoms with Crippen LogP contribution in [0.25, 0.3) is 6.08 Å². The maximum absolute atomic E-state index is 14.9. The van der Waals surface area contributed by atoms with Crippen molar-refractivity contribution in [2.75, 3.05) is 11.9 Å². The fraction of sp³-hybridized carbons (Fsp3) is 0.139. The fourth-order valence-electron chi connectivity index (χ4n) is 6.99. The lowest BCUT2D eigenvalue weighted by Crippen LogP contribution is -2.49. The van der Waals surface area contributed by atoms with E-state index in [0.717, 1.165) is 16.7 Å². The Morgan fingerprint density at radius 2 is 1.55 bits per heavy atom. The lowest BCUT2D eigenvalue weighted by atomic mass is 9.62. The number of hydrogen-bond acceptors (Lipinski definition) is 5. The molecule has 3 heterocycles. The largest absolute Gasteiger partial charge is 0.490 e. The lowest BCUT2D eigenvalue weighted by molar-refractivity contribution is -0.122. The van der Waals surface area contributed by atoms with Gasteiger partial charge in [0.05, 0.1) is 12.0 Å². The number of carbonyl (C=O) groups excluding carboxylic acids is 3. The molecular weight excluding hydrogens is 524 g/mol. The minimum atomic E-state index is -1.36. The van der Waals surface area contributed by atoms with Crippen LogP contribution in [-0.4, -0.2) is 35.0 Å². The van der Waals surface area contributed by atoms with E-state index in [1.54, 1.807) is 42.5 Å². The fourth-order valence-corrected chi connectivity index (χ4v) is 6.99. The SMILES string of the molecule is C=CCOc1ccc(C(=O)[C@@H]2[C@H](C(=O)c3ccccc3)N3C=Cc4ccccc4[C@@H]3[C@]23C(=O)Nc2ccccc23)cc1. The summed E-state index contributed by atoms with van der Waals surface area (Å²) < 4.78 is 5.64. The molecule has 0 aromatic heterocycles. The summed E-state index contributed by atoms with van der Waals surface area (Å²) in [5.41, 5.74) is 2.78. The number of ketones is 2. The van der Waals surface area contributed by atoms with E-state index in [0.29, 0.717) is 29.2 Å². The number of anilines is 1. The van der Waals surface area contributed by atoms with Crippen LogP contribution in [0.3, 0.4) is 0 Å². The van der Waals surface area contributed by atoms with Crippen LogP contribution in [0.15, 0.2) is 122 Å². The van der Waals surface area contributed by atoms with Crippen LogP contribution in [0.2, 0.25) is 0 Å². The van der Waals surface area contributed by atoms with Crippen LogP contribution in [0.1, 0.15) is 43.4 Å². The van der Waals surface area contributed by atoms with Crippen molar-refractivity contribution in [2.45, 2.75) is 17.5 Å². The zero-order chi connectivity index (χ0) is 28.8. The van der Waals surface area contributed by atoms with E-state index in [9.17, 15) is 14.4 Å². The molecule has 1 amide bonds. The number of carbonyl (C=O) groups is 3. The van der Waals surface area contributed by atoms with E-state index in [4.69, 9.17) is 4.74 Å². The first-order chi connectivity index (χ1) is 20.6. The van der Waals surface area contributed by atoms with Gasteiger partial charge in [-0.1, -0.05) is 85.5 Å². The highest BCUT2D eigenvalue weighted by molar-refractivity contribution is 6.16. The first-order valence-electron chi connectivity index (χ1n) is 14.0. The summed E-state index contributed by atoms with van der Waals surface area (Å²) in [4.78, 5) is 45.8. The second-order valence-electron chi connectivity index (χ2n) is 10.8. The van der Waals surface area contributed by atoms with E-state index in [1.807, 2.05) is 83.9 Å². The Bertz CT molecular complexity index is 1760. The number of hydrogen-bond donors (Lipinski definition) is 1. The van der Waals surface area contributed by atoms with Crippen LogP contribution in [0, 0.1) is 5.92 Å². The highest BCUT2D eigenvalue weighted by Crippen LogP contribution is 2.62. The van der Waals surface area contributed by atoms with E-state index in [-0.39, 0.29) is 17.5 Å². The van der Waals surface area contributed by atoms with Crippen molar-refractivity contribution in [3.05, 3.63) is 150 Å². The molecule has 6 heteroatoms. The Morgan fingerprint density at radius 1 is 0.857 bits per heavy atom. The summed E-state index contributed by atoms with van der Waals surface area (Å²) in [6.45, 7) is 4.02. The Balaban J connectivity index is 1.48. The molecule has 42 heavy (non-hydrogen) atoms. The van der Waals surface area contributed by atoms with E-state index >= 15 is 0 Å². The summed E-state index contributed by atoms with van der Waals surface area (Å²) in [6, 6.07) is 29.8. The van der Waals surface area contributed by atoms with Gasteiger partial charge in [-0.2, -0.15) is 0 Å². The zero-order valence-electron chi connectivity index (χ0n) is 22.8. The molecule has 1 fully saturated rings. The Kier molecular flexibility index (Phi) is 6.12. The Hall–Kier alpha value is -5.23. The average Bonchev–Trinajstić information content (AvgIpc) is 3.52. The van der Waals surface area contributed by atoms with Crippen molar-refractivity contribution >= 4 is 29.2 Å². The van der Waals surface area contributed by atoms with Gasteiger partial charge in [0.15, 0.2) is 11.6 Å². The number of rotatable bonds is 7. The molecule has 0 bridgehead atoms. The maximum Gasteiger partial charge on any atom is 0.238 e. The topological polar surface area (TPSA) is 75.7 Å². The molecule has 7 rings (SSSR count). The average molecular weight is 553 g/mol. The summed E-state index contributed by atoms with van der Waals surface area (Å²) in [5.74, 6) is -1.18. The van der Waals surface area contributed by atoms with Gasteiger partial charge in [0.2, 0.25) is 5.91 Å². The predicted molar refractivity (Wildman–Crippen MR) is 161 cm³/mol. The van der Waals surface area contributed by atoms with Crippen LogP contribution in [0.4, 0.5) is 5.69 Å². The standard InChI is InChI=1S/C36H28N2O4/c1-2-22-42-26-18-16-25(17-19-26)32(39)30-31(33(40)24-11-4-3-5-12-24)38-21-20-23-10-6-7-13-27(23)34(38)36(30)28-14-8-9-15-29(28)37-35(36)41/h2-21,30-31,34H,1,22H2,(H,37,41)/t30-,31+,34+,36+/m0/s1. The summed E-state index contributed by atoms with van der Waals surface area (Å²) in [5, 5.41) is 3.08. The van der Waals surface area contributed by atoms with Crippen molar-refractivity contribution in [3.8, 4) is 5.75 Å². The van der Waals surface area contributed by atoms with Gasteiger partial charge in [0.1, 0.15) is 23.8 Å². The summed E-state index contributed by atoms with van der Waals surface area (Å²) in [6.07, 6.45) is 5.50. The monoisotopic (exact) mass is 552 g/mol. The quantitative estimate of drug-likeness (QED) is 0.217. The molecule has 0 saturated carbocycles. The predicted octanol–water partition coefficient (Wildman–Crippen LogP) is 6.23. The van der Waals surface area contributed by atoms with Crippen molar-refractivity contribution in [3.63, 3.8) is 0 Å². The summed E-state index contributed by atoms with van der Waals surface area (Å²) in [7, 11) is 0. The van der Waals surface area contributed by atoms with Crippen molar-refractivity contribution in [1.82, 2.24) is 4.90 Å². The first kappa shape index (κ1) is 25.7. The van der Waals surface area contributed by atoms with Crippen LogP contribution in [-0.2, 0) is 10.2 Å². The first-order valence-corrected chi connectivity index (χ1v) is 14.0. The molecule has 6 nitrogen and oxygen atoms in total. The minimum Gasteiger partial charge on any atom is -0.490 e. The normalized spacial score (nSPS) is 23.1. The molecule has 1 N–H and O–H groups in total. The second kappa shape index (κ2) is 10.00. The third-order valence-electron chi connectivity index (χ3n) is 8.69. The molecule has 1 saturated heterocycles. The molecule has 0 aliphatic carbocycles. The van der Waals surface area contributed by atoms with Crippen molar-refractivity contribution < 1.29 is 19.1 Å². The van der Waals surface area contributed by atoms with Crippen LogP contribution >= 0.6 is 0 Å². The molecule has 4 aromatic rings. The molecule has 3 aliphatic heterocycles. The third kappa shape index (κ3) is 3.68. The molecule has 206 valence electrons. The van der Waals surface area contributed by atoms with Gasteiger partial charge in [-0.05, 0) is 53.1 Å². The van der Waals surface area contributed by atoms with Gasteiger partial charge in [-0.15, -0.1) is 0 Å². The number of fused-ring (bicyclic) bond motifs is 6. The highest BCUT2D eigenvalue weighted by Gasteiger charge is 2.70. The number of ether oxygens (including phenoxy) is 1. The van der Waals surface area contributed by atoms with Crippen molar-refractivity contribution in [2.24, 2.45) is 5.92 Å². The van der Waals surface area contributed by atoms with Gasteiger partial charge >= 0.3 is 0 Å². The lowest BCUT2D eigenvalue weighted by Gasteiger charge is -2.38. The number of nitrogens with one attached hydrogen (secondary N) is 1. The second-order valence-corrected chi connectivity index (χ2v) is 10.8. The molecule has 4 atom stereocenters. The minimum absolute atomic E-state index is 0.206. The van der Waals surface area contributed by atoms with Crippen LogP contribution in [0.5, 0.6) is 5.75 Å². The van der Waals surface area contributed by atoms with E-state index < -0.39 is 23.4 Å². The van der Waals surface area contributed by atoms with Gasteiger partial charge < -0.3 is 15.0 Å². The molecule has 0 radical (unpaired) electrons. The number of benzene rings is 4. The summed E-state index contributed by atoms with van der Waals surface area (Å²) >= 11 is 0. The molecular formula is C36H28N2O4. The number of Topliss-reactive ketones (excluding diaryl/α,β-unsaturated/α-hetero) is 2.